The van der Waals surface area contributed by atoms with E-state index in [1.165, 1.54) is 0 Å². The maximum absolute atomic E-state index is 14.4. The van der Waals surface area contributed by atoms with Gasteiger partial charge in [0.05, 0.1) is 4.88 Å². The zero-order valence-corrected chi connectivity index (χ0v) is 9.74. The van der Waals surface area contributed by atoms with E-state index in [9.17, 15) is 17.6 Å². The van der Waals surface area contributed by atoms with Crippen molar-refractivity contribution in [1.82, 2.24) is 4.98 Å². The monoisotopic (exact) mass is 268 g/mol. The fourth-order valence-electron chi connectivity index (χ4n) is 1.96. The predicted molar refractivity (Wildman–Crippen MR) is 56.3 cm³/mol. The molecule has 1 saturated carbocycles. The van der Waals surface area contributed by atoms with Gasteiger partial charge in [0.2, 0.25) is 0 Å². The molecule has 17 heavy (non-hydrogen) atoms. The highest BCUT2D eigenvalue weighted by molar-refractivity contribution is 7.11. The van der Waals surface area contributed by atoms with Gasteiger partial charge in [-0.3, -0.25) is 0 Å². The summed E-state index contributed by atoms with van der Waals surface area (Å²) in [5.41, 5.74) is 3.97. The molecule has 0 spiro atoms. The van der Waals surface area contributed by atoms with Crippen LogP contribution in [0.1, 0.15) is 35.6 Å². The smallest absolute Gasteiger partial charge is 0.328 e. The Morgan fingerprint density at radius 2 is 1.94 bits per heavy atom. The van der Waals surface area contributed by atoms with Crippen LogP contribution in [0.5, 0.6) is 0 Å². The van der Waals surface area contributed by atoms with E-state index >= 15 is 0 Å². The van der Waals surface area contributed by atoms with Gasteiger partial charge >= 0.3 is 6.18 Å². The minimum Gasteiger partial charge on any atom is -0.328 e. The van der Waals surface area contributed by atoms with Gasteiger partial charge in [-0.05, 0) is 25.7 Å². The van der Waals surface area contributed by atoms with Crippen LogP contribution in [0, 0.1) is 0 Å². The van der Waals surface area contributed by atoms with E-state index in [1.807, 2.05) is 0 Å². The van der Waals surface area contributed by atoms with E-state index in [0.717, 1.165) is 6.20 Å². The van der Waals surface area contributed by atoms with Crippen molar-refractivity contribution in [2.75, 3.05) is 0 Å². The third kappa shape index (κ3) is 2.60. The van der Waals surface area contributed by atoms with Gasteiger partial charge in [0, 0.05) is 12.2 Å². The Morgan fingerprint density at radius 3 is 2.41 bits per heavy atom. The van der Waals surface area contributed by atoms with Crippen LogP contribution < -0.4 is 5.73 Å². The summed E-state index contributed by atoms with van der Waals surface area (Å²) in [7, 11) is 0. The molecule has 1 heterocycles. The van der Waals surface area contributed by atoms with Crippen LogP contribution in [0.15, 0.2) is 6.20 Å². The van der Waals surface area contributed by atoms with Gasteiger partial charge in [-0.15, -0.1) is 11.3 Å². The van der Waals surface area contributed by atoms with Crippen molar-refractivity contribution in [1.29, 1.82) is 0 Å². The standard InChI is InChI=1S/C10H12F4N2S/c11-9(3-1-6(15)2-4-9)7-5-16-8(17-7)10(12,13)14/h5-6H,1-4,15H2. The van der Waals surface area contributed by atoms with E-state index in [2.05, 4.69) is 4.98 Å². The zero-order valence-electron chi connectivity index (χ0n) is 8.93. The highest BCUT2D eigenvalue weighted by atomic mass is 32.1. The minimum atomic E-state index is -4.50. The quantitative estimate of drug-likeness (QED) is 0.794. The van der Waals surface area contributed by atoms with Crippen LogP contribution in [0.25, 0.3) is 0 Å². The Bertz CT molecular complexity index is 393. The van der Waals surface area contributed by atoms with Gasteiger partial charge in [-0.25, -0.2) is 9.37 Å². The first-order chi connectivity index (χ1) is 7.81. The Labute approximate surface area is 99.8 Å². The molecule has 1 fully saturated rings. The van der Waals surface area contributed by atoms with Crippen molar-refractivity contribution < 1.29 is 17.6 Å². The van der Waals surface area contributed by atoms with E-state index < -0.39 is 16.9 Å². The Kier molecular flexibility index (Phi) is 3.15. The van der Waals surface area contributed by atoms with Gasteiger partial charge in [-0.1, -0.05) is 0 Å². The summed E-state index contributed by atoms with van der Waals surface area (Å²) in [5.74, 6) is 0. The number of hydrogen-bond acceptors (Lipinski definition) is 3. The number of halogens is 4. The van der Waals surface area contributed by atoms with Crippen LogP contribution in [-0.4, -0.2) is 11.0 Å². The van der Waals surface area contributed by atoms with Crippen LogP contribution >= 0.6 is 11.3 Å². The van der Waals surface area contributed by atoms with E-state index in [0.29, 0.717) is 24.2 Å². The second kappa shape index (κ2) is 4.20. The highest BCUT2D eigenvalue weighted by Gasteiger charge is 2.41. The molecule has 0 radical (unpaired) electrons. The first-order valence-corrected chi connectivity index (χ1v) is 6.11. The van der Waals surface area contributed by atoms with Gasteiger partial charge in [0.15, 0.2) is 5.01 Å². The third-order valence-corrected chi connectivity index (χ3v) is 4.23. The molecule has 1 aromatic rings. The molecule has 0 amide bonds. The second-order valence-electron chi connectivity index (χ2n) is 4.33. The summed E-state index contributed by atoms with van der Waals surface area (Å²) >= 11 is 0.394. The molecule has 1 aliphatic rings. The summed E-state index contributed by atoms with van der Waals surface area (Å²) < 4.78 is 51.5. The molecule has 0 atom stereocenters. The van der Waals surface area contributed by atoms with Gasteiger partial charge in [0.1, 0.15) is 5.67 Å². The number of rotatable bonds is 1. The molecule has 1 aromatic heterocycles. The van der Waals surface area contributed by atoms with E-state index in [1.54, 1.807) is 0 Å². The lowest BCUT2D eigenvalue weighted by Crippen LogP contribution is -2.33. The molecule has 0 aliphatic heterocycles. The van der Waals surface area contributed by atoms with Gasteiger partial charge in [-0.2, -0.15) is 13.2 Å². The molecule has 1 aliphatic carbocycles. The molecular formula is C10H12F4N2S. The third-order valence-electron chi connectivity index (χ3n) is 3.01. The fraction of sp³-hybridized carbons (Fsp3) is 0.700. The number of aromatic nitrogens is 1. The molecule has 2 rings (SSSR count). The molecular weight excluding hydrogens is 256 g/mol. The van der Waals surface area contributed by atoms with Crippen molar-refractivity contribution in [3.05, 3.63) is 16.1 Å². The van der Waals surface area contributed by atoms with Crippen LogP contribution in [-0.2, 0) is 11.8 Å². The Hall–Kier alpha value is -0.690. The fourth-order valence-corrected chi connectivity index (χ4v) is 2.88. The summed E-state index contributed by atoms with van der Waals surface area (Å²) in [5, 5.41) is -0.987. The van der Waals surface area contributed by atoms with Crippen LogP contribution in [0.3, 0.4) is 0 Å². The molecule has 0 unspecified atom stereocenters. The summed E-state index contributed by atoms with van der Waals surface area (Å²) in [6, 6.07) is -0.0473. The van der Waals surface area contributed by atoms with Crippen LogP contribution in [0.2, 0.25) is 0 Å². The molecule has 2 N–H and O–H groups in total. The van der Waals surface area contributed by atoms with Crippen LogP contribution in [0.4, 0.5) is 17.6 Å². The van der Waals surface area contributed by atoms with E-state index in [4.69, 9.17) is 5.73 Å². The first-order valence-electron chi connectivity index (χ1n) is 5.29. The van der Waals surface area contributed by atoms with Gasteiger partial charge in [0.25, 0.3) is 0 Å². The Morgan fingerprint density at radius 1 is 1.35 bits per heavy atom. The van der Waals surface area contributed by atoms with Crippen molar-refractivity contribution in [3.63, 3.8) is 0 Å². The molecule has 0 saturated heterocycles. The van der Waals surface area contributed by atoms with E-state index in [-0.39, 0.29) is 23.8 Å². The number of nitrogens with two attached hydrogens (primary N) is 1. The summed E-state index contributed by atoms with van der Waals surface area (Å²) in [4.78, 5) is 3.32. The number of alkyl halides is 4. The molecule has 96 valence electrons. The lowest BCUT2D eigenvalue weighted by atomic mass is 9.83. The van der Waals surface area contributed by atoms with Crippen molar-refractivity contribution in [2.24, 2.45) is 5.73 Å². The maximum Gasteiger partial charge on any atom is 0.443 e. The average molecular weight is 268 g/mol. The summed E-state index contributed by atoms with van der Waals surface area (Å²) in [6.45, 7) is 0. The van der Waals surface area contributed by atoms with Crippen molar-refractivity contribution in [3.8, 4) is 0 Å². The second-order valence-corrected chi connectivity index (χ2v) is 5.36. The minimum absolute atomic E-state index is 0.0473. The molecule has 0 aromatic carbocycles. The first kappa shape index (κ1) is 12.8. The predicted octanol–water partition coefficient (Wildman–Crippen LogP) is 3.23. The Balaban J connectivity index is 2.20. The number of thiazole rings is 1. The SMILES string of the molecule is NC1CCC(F)(c2cnc(C(F)(F)F)s2)CC1. The number of hydrogen-bond donors (Lipinski definition) is 1. The highest BCUT2D eigenvalue weighted by Crippen LogP contribution is 2.44. The average Bonchev–Trinajstić information content (AvgIpc) is 2.72. The topological polar surface area (TPSA) is 38.9 Å². The largest absolute Gasteiger partial charge is 0.443 e. The zero-order chi connectivity index (χ0) is 12.7. The van der Waals surface area contributed by atoms with Crippen molar-refractivity contribution in [2.45, 2.75) is 43.6 Å². The van der Waals surface area contributed by atoms with Gasteiger partial charge < -0.3 is 5.73 Å². The lowest BCUT2D eigenvalue weighted by molar-refractivity contribution is -0.137. The normalized spacial score (nSPS) is 30.5. The lowest BCUT2D eigenvalue weighted by Gasteiger charge is -2.31. The maximum atomic E-state index is 14.4. The molecule has 0 bridgehead atoms. The number of nitrogens with zero attached hydrogens (tertiary/aromatic N) is 1. The summed E-state index contributed by atoms with van der Waals surface area (Å²) in [6.07, 6.45) is -2.15. The van der Waals surface area contributed by atoms with Crippen molar-refractivity contribution >= 4 is 11.3 Å². The molecule has 7 heteroatoms. The molecule has 2 nitrogen and oxygen atoms in total.